The van der Waals surface area contributed by atoms with Gasteiger partial charge in [0.15, 0.2) is 0 Å². The molecule has 108 valence electrons. The van der Waals surface area contributed by atoms with Crippen LogP contribution in [0.5, 0.6) is 0 Å². The summed E-state index contributed by atoms with van der Waals surface area (Å²) in [4.78, 5) is 0. The predicted molar refractivity (Wildman–Crippen MR) is 82.2 cm³/mol. The summed E-state index contributed by atoms with van der Waals surface area (Å²) in [5.41, 5.74) is 2.19. The standard InChI is InChI=1S/C15H22N4O/c1-12-11-14(13-5-3-2-4-6-13)18-19-15(12)17-8-7-16-9-10-20/h2-6,12,16,20H,7-11H2,1H3,(H,17,19). The maximum absolute atomic E-state index is 8.67. The van der Waals surface area contributed by atoms with E-state index in [2.05, 4.69) is 39.9 Å². The molecule has 1 heterocycles. The van der Waals surface area contributed by atoms with Gasteiger partial charge in [-0.15, -0.1) is 5.10 Å². The summed E-state index contributed by atoms with van der Waals surface area (Å²) in [5, 5.41) is 23.7. The molecule has 5 nitrogen and oxygen atoms in total. The van der Waals surface area contributed by atoms with Crippen molar-refractivity contribution < 1.29 is 5.11 Å². The van der Waals surface area contributed by atoms with E-state index in [4.69, 9.17) is 5.11 Å². The molecule has 1 aromatic rings. The van der Waals surface area contributed by atoms with Gasteiger partial charge in [-0.1, -0.05) is 37.3 Å². The second kappa shape index (κ2) is 7.77. The van der Waals surface area contributed by atoms with Crippen molar-refractivity contribution in [3.8, 4) is 0 Å². The Labute approximate surface area is 119 Å². The highest BCUT2D eigenvalue weighted by Crippen LogP contribution is 2.16. The minimum Gasteiger partial charge on any atom is -0.395 e. The second-order valence-corrected chi connectivity index (χ2v) is 4.90. The minimum atomic E-state index is 0.169. The first-order chi connectivity index (χ1) is 9.81. The number of aliphatic hydroxyl groups excluding tert-OH is 1. The van der Waals surface area contributed by atoms with E-state index in [1.165, 1.54) is 0 Å². The van der Waals surface area contributed by atoms with Gasteiger partial charge in [0.25, 0.3) is 0 Å². The average Bonchev–Trinajstić information content (AvgIpc) is 2.49. The van der Waals surface area contributed by atoms with Crippen LogP contribution in [0.4, 0.5) is 0 Å². The van der Waals surface area contributed by atoms with Crippen molar-refractivity contribution in [2.45, 2.75) is 13.3 Å². The van der Waals surface area contributed by atoms with Gasteiger partial charge in [0.2, 0.25) is 0 Å². The summed E-state index contributed by atoms with van der Waals surface area (Å²) in [6, 6.07) is 10.2. The molecule has 1 atom stereocenters. The maximum atomic E-state index is 8.67. The average molecular weight is 274 g/mol. The minimum absolute atomic E-state index is 0.169. The number of hydrogen-bond donors (Lipinski definition) is 3. The lowest BCUT2D eigenvalue weighted by Crippen LogP contribution is -2.37. The highest BCUT2D eigenvalue weighted by Gasteiger charge is 2.18. The Kier molecular flexibility index (Phi) is 5.70. The van der Waals surface area contributed by atoms with Gasteiger partial charge in [0, 0.05) is 32.0 Å². The topological polar surface area (TPSA) is 69.0 Å². The van der Waals surface area contributed by atoms with Gasteiger partial charge in [-0.05, 0) is 5.56 Å². The summed E-state index contributed by atoms with van der Waals surface area (Å²) in [6.07, 6.45) is 0.903. The molecule has 0 aromatic heterocycles. The SMILES string of the molecule is CC1CC(c2ccccc2)=NN=C1NCCNCCO. The normalized spacial score (nSPS) is 18.4. The van der Waals surface area contributed by atoms with Crippen molar-refractivity contribution >= 4 is 11.5 Å². The van der Waals surface area contributed by atoms with E-state index in [0.29, 0.717) is 12.5 Å². The number of aliphatic hydroxyl groups is 1. The van der Waals surface area contributed by atoms with E-state index in [0.717, 1.165) is 36.6 Å². The summed E-state index contributed by atoms with van der Waals surface area (Å²) < 4.78 is 0. The third kappa shape index (κ3) is 4.15. The first-order valence-electron chi connectivity index (χ1n) is 7.06. The van der Waals surface area contributed by atoms with E-state index >= 15 is 0 Å². The molecule has 1 aliphatic heterocycles. The number of amidine groups is 1. The van der Waals surface area contributed by atoms with Crippen molar-refractivity contribution in [2.75, 3.05) is 26.2 Å². The van der Waals surface area contributed by atoms with Crippen molar-refractivity contribution in [1.82, 2.24) is 10.6 Å². The number of nitrogens with zero attached hydrogens (tertiary/aromatic N) is 2. The first kappa shape index (κ1) is 14.7. The predicted octanol–water partition coefficient (Wildman–Crippen LogP) is 1.00. The Morgan fingerprint density at radius 3 is 2.65 bits per heavy atom. The van der Waals surface area contributed by atoms with E-state index in [-0.39, 0.29) is 6.61 Å². The molecule has 0 fully saturated rings. The van der Waals surface area contributed by atoms with Crippen LogP contribution in [-0.4, -0.2) is 42.9 Å². The number of hydrogen-bond acceptors (Lipinski definition) is 5. The fourth-order valence-electron chi connectivity index (χ4n) is 2.14. The summed E-state index contributed by atoms with van der Waals surface area (Å²) in [7, 11) is 0. The molecule has 2 rings (SSSR count). The van der Waals surface area contributed by atoms with Crippen LogP contribution in [0.15, 0.2) is 40.5 Å². The zero-order chi connectivity index (χ0) is 14.2. The lowest BCUT2D eigenvalue weighted by atomic mass is 9.97. The fourth-order valence-corrected chi connectivity index (χ4v) is 2.14. The Hall–Kier alpha value is -1.72. The molecule has 0 bridgehead atoms. The molecule has 1 aliphatic rings. The summed E-state index contributed by atoms with van der Waals surface area (Å²) >= 11 is 0. The van der Waals surface area contributed by atoms with E-state index in [1.807, 2.05) is 18.2 Å². The zero-order valence-corrected chi connectivity index (χ0v) is 11.8. The van der Waals surface area contributed by atoms with E-state index in [1.54, 1.807) is 0 Å². The van der Waals surface area contributed by atoms with Gasteiger partial charge in [-0.25, -0.2) is 0 Å². The van der Waals surface area contributed by atoms with Gasteiger partial charge >= 0.3 is 0 Å². The van der Waals surface area contributed by atoms with Gasteiger partial charge < -0.3 is 15.7 Å². The molecule has 0 saturated heterocycles. The number of nitrogens with one attached hydrogen (secondary N) is 2. The monoisotopic (exact) mass is 274 g/mol. The largest absolute Gasteiger partial charge is 0.395 e. The van der Waals surface area contributed by atoms with Crippen LogP contribution >= 0.6 is 0 Å². The Balaban J connectivity index is 1.89. The Morgan fingerprint density at radius 2 is 1.95 bits per heavy atom. The Morgan fingerprint density at radius 1 is 1.15 bits per heavy atom. The molecule has 1 aromatic carbocycles. The van der Waals surface area contributed by atoms with Crippen LogP contribution in [0, 0.1) is 5.92 Å². The zero-order valence-electron chi connectivity index (χ0n) is 11.8. The van der Waals surface area contributed by atoms with Crippen LogP contribution in [0.1, 0.15) is 18.9 Å². The fraction of sp³-hybridized carbons (Fsp3) is 0.467. The van der Waals surface area contributed by atoms with Gasteiger partial charge in [0.1, 0.15) is 5.84 Å². The van der Waals surface area contributed by atoms with Crippen molar-refractivity contribution in [3.63, 3.8) is 0 Å². The first-order valence-corrected chi connectivity index (χ1v) is 7.06. The Bertz CT molecular complexity index is 470. The third-order valence-electron chi connectivity index (χ3n) is 3.25. The van der Waals surface area contributed by atoms with Crippen molar-refractivity contribution in [3.05, 3.63) is 35.9 Å². The number of benzene rings is 1. The molecular formula is C15H22N4O. The highest BCUT2D eigenvalue weighted by molar-refractivity contribution is 6.04. The van der Waals surface area contributed by atoms with Gasteiger partial charge in [0.05, 0.1) is 12.3 Å². The molecule has 1 unspecified atom stereocenters. The molecule has 0 spiro atoms. The molecule has 3 N–H and O–H groups in total. The van der Waals surface area contributed by atoms with Crippen LogP contribution in [0.2, 0.25) is 0 Å². The van der Waals surface area contributed by atoms with Crippen LogP contribution in [-0.2, 0) is 0 Å². The molecule has 0 amide bonds. The summed E-state index contributed by atoms with van der Waals surface area (Å²) in [6.45, 7) is 4.55. The summed E-state index contributed by atoms with van der Waals surface area (Å²) in [5.74, 6) is 1.29. The second-order valence-electron chi connectivity index (χ2n) is 4.90. The third-order valence-corrected chi connectivity index (χ3v) is 3.25. The molecule has 0 saturated carbocycles. The van der Waals surface area contributed by atoms with Crippen LogP contribution < -0.4 is 10.6 Å². The van der Waals surface area contributed by atoms with E-state index < -0.39 is 0 Å². The molecule has 5 heteroatoms. The quantitative estimate of drug-likeness (QED) is 0.678. The van der Waals surface area contributed by atoms with Crippen molar-refractivity contribution in [2.24, 2.45) is 16.1 Å². The highest BCUT2D eigenvalue weighted by atomic mass is 16.3. The molecule has 0 aliphatic carbocycles. The molecule has 0 radical (unpaired) electrons. The van der Waals surface area contributed by atoms with Gasteiger partial charge in [-0.2, -0.15) is 5.10 Å². The smallest absolute Gasteiger partial charge is 0.128 e. The molecular weight excluding hydrogens is 252 g/mol. The number of rotatable bonds is 6. The van der Waals surface area contributed by atoms with Crippen molar-refractivity contribution in [1.29, 1.82) is 0 Å². The molecule has 20 heavy (non-hydrogen) atoms. The van der Waals surface area contributed by atoms with E-state index in [9.17, 15) is 0 Å². The maximum Gasteiger partial charge on any atom is 0.128 e. The lowest BCUT2D eigenvalue weighted by molar-refractivity contribution is 0.293. The van der Waals surface area contributed by atoms with Crippen LogP contribution in [0.3, 0.4) is 0 Å². The lowest BCUT2D eigenvalue weighted by Gasteiger charge is -2.20. The van der Waals surface area contributed by atoms with Crippen LogP contribution in [0.25, 0.3) is 0 Å². The van der Waals surface area contributed by atoms with Gasteiger partial charge in [-0.3, -0.25) is 0 Å².